The van der Waals surface area contributed by atoms with Crippen LogP contribution < -0.4 is 11.1 Å². The fourth-order valence-corrected chi connectivity index (χ4v) is 1.86. The topological polar surface area (TPSA) is 94.0 Å². The quantitative estimate of drug-likeness (QED) is 0.880. The second-order valence-corrected chi connectivity index (χ2v) is 5.26. The maximum Gasteiger partial charge on any atom is 0.260 e. The average molecular weight is 288 g/mol. The van der Waals surface area contributed by atoms with E-state index in [4.69, 9.17) is 10.3 Å². The molecule has 0 saturated carbocycles. The number of hydrogen-bond acceptors (Lipinski definition) is 5. The third-order valence-electron chi connectivity index (χ3n) is 3.71. The molecule has 1 amide bonds. The number of aryl methyl sites for hydroxylation is 1. The number of benzene rings is 1. The first kappa shape index (κ1) is 15.2. The number of amides is 1. The van der Waals surface area contributed by atoms with Crippen LogP contribution in [0.1, 0.15) is 26.1 Å². The van der Waals surface area contributed by atoms with E-state index >= 15 is 0 Å². The summed E-state index contributed by atoms with van der Waals surface area (Å²) < 4.78 is 5.17. The number of nitrogens with one attached hydrogen (secondary N) is 1. The fraction of sp³-hybridized carbons (Fsp3) is 0.400. The molecule has 1 heterocycles. The molecule has 1 aromatic heterocycles. The van der Waals surface area contributed by atoms with E-state index in [-0.39, 0.29) is 12.5 Å². The van der Waals surface area contributed by atoms with Crippen LogP contribution >= 0.6 is 0 Å². The Hall–Kier alpha value is -2.21. The van der Waals surface area contributed by atoms with E-state index in [1.165, 1.54) is 0 Å². The van der Waals surface area contributed by atoms with Crippen molar-refractivity contribution in [3.05, 3.63) is 30.1 Å². The number of rotatable bonds is 5. The van der Waals surface area contributed by atoms with Crippen LogP contribution in [0.2, 0.25) is 0 Å². The number of hydrogen-bond donors (Lipinski definition) is 2. The zero-order valence-electron chi connectivity index (χ0n) is 12.5. The Kier molecular flexibility index (Phi) is 4.37. The van der Waals surface area contributed by atoms with Gasteiger partial charge < -0.3 is 15.6 Å². The van der Waals surface area contributed by atoms with Gasteiger partial charge in [-0.2, -0.15) is 4.98 Å². The van der Waals surface area contributed by atoms with Gasteiger partial charge in [0.15, 0.2) is 5.82 Å². The predicted molar refractivity (Wildman–Crippen MR) is 80.6 cm³/mol. The Morgan fingerprint density at radius 1 is 1.43 bits per heavy atom. The largest absolute Gasteiger partial charge is 0.334 e. The van der Waals surface area contributed by atoms with Crippen LogP contribution in [0.15, 0.2) is 28.8 Å². The second kappa shape index (κ2) is 6.05. The van der Waals surface area contributed by atoms with Gasteiger partial charge in [0.2, 0.25) is 5.91 Å². The van der Waals surface area contributed by atoms with E-state index < -0.39 is 5.41 Å². The maximum absolute atomic E-state index is 12.4. The van der Waals surface area contributed by atoms with Crippen molar-refractivity contribution in [1.82, 2.24) is 10.1 Å². The molecule has 0 aliphatic heterocycles. The number of aromatic nitrogens is 2. The molecule has 0 fully saturated rings. The Bertz CT molecular complexity index is 632. The first-order chi connectivity index (χ1) is 10.00. The summed E-state index contributed by atoms with van der Waals surface area (Å²) in [5, 5.41) is 6.69. The zero-order valence-corrected chi connectivity index (χ0v) is 12.5. The third kappa shape index (κ3) is 3.11. The summed E-state index contributed by atoms with van der Waals surface area (Å²) in [7, 11) is 0. The molecule has 2 aromatic rings. The molecule has 6 nitrogen and oxygen atoms in total. The van der Waals surface area contributed by atoms with E-state index in [2.05, 4.69) is 15.5 Å². The van der Waals surface area contributed by atoms with E-state index in [1.807, 2.05) is 32.0 Å². The van der Waals surface area contributed by atoms with Crippen molar-refractivity contribution in [3.8, 4) is 11.5 Å². The molecule has 6 heteroatoms. The van der Waals surface area contributed by atoms with Gasteiger partial charge >= 0.3 is 0 Å². The van der Waals surface area contributed by atoms with Crippen molar-refractivity contribution in [3.63, 3.8) is 0 Å². The molecule has 112 valence electrons. The molecule has 3 N–H and O–H groups in total. The van der Waals surface area contributed by atoms with Crippen LogP contribution in [0.5, 0.6) is 0 Å². The molecule has 1 unspecified atom stereocenters. The van der Waals surface area contributed by atoms with Crippen LogP contribution in [-0.2, 0) is 4.79 Å². The molecular weight excluding hydrogens is 268 g/mol. The number of para-hydroxylation sites is 1. The molecular formula is C15H20N4O2. The number of nitrogens with two attached hydrogens (primary N) is 1. The molecule has 0 aliphatic carbocycles. The van der Waals surface area contributed by atoms with Crippen molar-refractivity contribution in [2.75, 3.05) is 11.9 Å². The standard InChI is InChI=1S/C15H20N4O2/c1-4-15(3,9-16)14(20)18-12-8-6-5-7-11(12)13-17-10(2)19-21-13/h5-8H,4,9,16H2,1-3H3,(H,18,20). The van der Waals surface area contributed by atoms with E-state index in [0.717, 1.165) is 0 Å². The van der Waals surface area contributed by atoms with Crippen molar-refractivity contribution >= 4 is 11.6 Å². The van der Waals surface area contributed by atoms with Crippen LogP contribution in [0.25, 0.3) is 11.5 Å². The molecule has 21 heavy (non-hydrogen) atoms. The summed E-state index contributed by atoms with van der Waals surface area (Å²) in [5.41, 5.74) is 6.46. The number of nitrogens with zero attached hydrogens (tertiary/aromatic N) is 2. The molecule has 0 spiro atoms. The summed E-state index contributed by atoms with van der Waals surface area (Å²) in [4.78, 5) is 16.6. The average Bonchev–Trinajstić information content (AvgIpc) is 2.93. The van der Waals surface area contributed by atoms with Gasteiger partial charge in [0.05, 0.1) is 16.7 Å². The number of carbonyl (C=O) groups excluding carboxylic acids is 1. The molecule has 0 aliphatic rings. The van der Waals surface area contributed by atoms with Gasteiger partial charge in [0.1, 0.15) is 0 Å². The van der Waals surface area contributed by atoms with Gasteiger partial charge in [-0.1, -0.05) is 24.2 Å². The Morgan fingerprint density at radius 3 is 2.71 bits per heavy atom. The first-order valence-electron chi connectivity index (χ1n) is 6.91. The van der Waals surface area contributed by atoms with Crippen molar-refractivity contribution < 1.29 is 9.32 Å². The lowest BCUT2D eigenvalue weighted by molar-refractivity contribution is -0.124. The van der Waals surface area contributed by atoms with Crippen LogP contribution in [-0.4, -0.2) is 22.6 Å². The van der Waals surface area contributed by atoms with Gasteiger partial charge in [0, 0.05) is 6.54 Å². The van der Waals surface area contributed by atoms with Gasteiger partial charge in [-0.05, 0) is 32.4 Å². The highest BCUT2D eigenvalue weighted by molar-refractivity contribution is 5.98. The predicted octanol–water partition coefficient (Wildman–Crippen LogP) is 2.36. The summed E-state index contributed by atoms with van der Waals surface area (Å²) in [6.45, 7) is 5.83. The van der Waals surface area contributed by atoms with Gasteiger partial charge in [-0.3, -0.25) is 4.79 Å². The Labute approximate surface area is 123 Å². The summed E-state index contributed by atoms with van der Waals surface area (Å²) in [6, 6.07) is 7.33. The van der Waals surface area contributed by atoms with Crippen LogP contribution in [0.4, 0.5) is 5.69 Å². The lowest BCUT2D eigenvalue weighted by Crippen LogP contribution is -2.39. The van der Waals surface area contributed by atoms with Crippen molar-refractivity contribution in [2.45, 2.75) is 27.2 Å². The first-order valence-corrected chi connectivity index (χ1v) is 6.91. The highest BCUT2D eigenvalue weighted by atomic mass is 16.5. The number of anilines is 1. The zero-order chi connectivity index (χ0) is 15.5. The molecule has 0 bridgehead atoms. The van der Waals surface area contributed by atoms with Gasteiger partial charge in [-0.15, -0.1) is 0 Å². The Balaban J connectivity index is 2.31. The number of carbonyl (C=O) groups is 1. The lowest BCUT2D eigenvalue weighted by Gasteiger charge is -2.25. The lowest BCUT2D eigenvalue weighted by atomic mass is 9.86. The maximum atomic E-state index is 12.4. The fourth-order valence-electron chi connectivity index (χ4n) is 1.86. The molecule has 2 rings (SSSR count). The summed E-state index contributed by atoms with van der Waals surface area (Å²) in [5.74, 6) is 0.817. The smallest absolute Gasteiger partial charge is 0.260 e. The normalized spacial score (nSPS) is 13.7. The van der Waals surface area contributed by atoms with Crippen molar-refractivity contribution in [2.24, 2.45) is 11.1 Å². The summed E-state index contributed by atoms with van der Waals surface area (Å²) in [6.07, 6.45) is 0.664. The second-order valence-electron chi connectivity index (χ2n) is 5.26. The van der Waals surface area contributed by atoms with E-state index in [1.54, 1.807) is 13.0 Å². The van der Waals surface area contributed by atoms with Crippen LogP contribution in [0.3, 0.4) is 0 Å². The minimum absolute atomic E-state index is 0.115. The van der Waals surface area contributed by atoms with E-state index in [0.29, 0.717) is 29.4 Å². The molecule has 0 saturated heterocycles. The Morgan fingerprint density at radius 2 is 2.14 bits per heavy atom. The highest BCUT2D eigenvalue weighted by Crippen LogP contribution is 2.29. The SMILES string of the molecule is CCC(C)(CN)C(=O)Nc1ccccc1-c1nc(C)no1. The molecule has 1 atom stereocenters. The monoisotopic (exact) mass is 288 g/mol. The summed E-state index contributed by atoms with van der Waals surface area (Å²) >= 11 is 0. The highest BCUT2D eigenvalue weighted by Gasteiger charge is 2.30. The minimum Gasteiger partial charge on any atom is -0.334 e. The van der Waals surface area contributed by atoms with E-state index in [9.17, 15) is 4.79 Å². The minimum atomic E-state index is -0.599. The third-order valence-corrected chi connectivity index (χ3v) is 3.71. The van der Waals surface area contributed by atoms with Crippen molar-refractivity contribution in [1.29, 1.82) is 0 Å². The van der Waals surface area contributed by atoms with Gasteiger partial charge in [0.25, 0.3) is 5.89 Å². The van der Waals surface area contributed by atoms with Crippen LogP contribution in [0, 0.1) is 12.3 Å². The molecule has 1 aromatic carbocycles. The van der Waals surface area contributed by atoms with Gasteiger partial charge in [-0.25, -0.2) is 0 Å². The molecule has 0 radical (unpaired) electrons.